The molecule has 0 radical (unpaired) electrons. The third kappa shape index (κ3) is 4.17. The molecule has 0 N–H and O–H groups in total. The largest absolute Gasteiger partial charge is 0.454 e. The average Bonchev–Trinajstić information content (AvgIpc) is 3.55. The number of hydrogen-bond donors (Lipinski definition) is 0. The van der Waals surface area contributed by atoms with Crippen LogP contribution >= 0.6 is 0 Å². The summed E-state index contributed by atoms with van der Waals surface area (Å²) in [6.45, 7) is 0.427. The van der Waals surface area contributed by atoms with Gasteiger partial charge in [0.15, 0.2) is 11.6 Å². The molecule has 3 aromatic rings. The first kappa shape index (κ1) is 18.1. The smallest absolute Gasteiger partial charge is 0.230 e. The molecule has 0 bridgehead atoms. The Balaban J connectivity index is 1.54. The molecule has 1 aliphatic carbocycles. The number of benzene rings is 2. The van der Waals surface area contributed by atoms with E-state index in [-0.39, 0.29) is 17.6 Å². The minimum atomic E-state index is -0.772. The quantitative estimate of drug-likeness (QED) is 0.598. The summed E-state index contributed by atoms with van der Waals surface area (Å²) < 4.78 is 32.3. The van der Waals surface area contributed by atoms with Crippen molar-refractivity contribution in [3.63, 3.8) is 0 Å². The van der Waals surface area contributed by atoms with Crippen LogP contribution in [-0.2, 0) is 11.3 Å². The number of carbonyl (C=O) groups excluding carboxylic acids is 1. The van der Waals surface area contributed by atoms with Gasteiger partial charge in [0.05, 0.1) is 6.54 Å². The summed E-state index contributed by atoms with van der Waals surface area (Å²) >= 11 is 0. The lowest BCUT2D eigenvalue weighted by atomic mass is 10.2. The SMILES string of the molecule is O=C(C1CC1)N(Cc1cccnc1)c1ccc(Oc2ccc(F)cc2F)cc1. The van der Waals surface area contributed by atoms with E-state index in [1.54, 1.807) is 41.6 Å². The van der Waals surface area contributed by atoms with Gasteiger partial charge in [-0.15, -0.1) is 0 Å². The number of nitrogens with zero attached hydrogens (tertiary/aromatic N) is 2. The molecule has 6 heteroatoms. The minimum absolute atomic E-state index is 0.0598. The van der Waals surface area contributed by atoms with Crippen molar-refractivity contribution >= 4 is 11.6 Å². The van der Waals surface area contributed by atoms with E-state index in [2.05, 4.69) is 4.98 Å². The molecule has 142 valence electrons. The van der Waals surface area contributed by atoms with Crippen molar-refractivity contribution < 1.29 is 18.3 Å². The summed E-state index contributed by atoms with van der Waals surface area (Å²) in [5.74, 6) is -0.941. The van der Waals surface area contributed by atoms with Crippen molar-refractivity contribution in [1.82, 2.24) is 4.98 Å². The predicted molar refractivity (Wildman–Crippen MR) is 101 cm³/mol. The maximum absolute atomic E-state index is 13.8. The van der Waals surface area contributed by atoms with Crippen LogP contribution < -0.4 is 9.64 Å². The van der Waals surface area contributed by atoms with E-state index in [1.807, 2.05) is 12.1 Å². The molecule has 0 saturated heterocycles. The number of amides is 1. The zero-order valence-electron chi connectivity index (χ0n) is 15.0. The number of anilines is 1. The highest BCUT2D eigenvalue weighted by Gasteiger charge is 2.34. The Morgan fingerprint density at radius 1 is 1.11 bits per heavy atom. The maximum atomic E-state index is 13.8. The van der Waals surface area contributed by atoms with Gasteiger partial charge in [0.25, 0.3) is 0 Å². The number of ether oxygens (including phenoxy) is 1. The molecule has 4 rings (SSSR count). The second kappa shape index (κ2) is 7.76. The minimum Gasteiger partial charge on any atom is -0.454 e. The van der Waals surface area contributed by atoms with Crippen LogP contribution in [0.5, 0.6) is 11.5 Å². The number of carbonyl (C=O) groups is 1. The van der Waals surface area contributed by atoms with E-state index < -0.39 is 11.6 Å². The number of hydrogen-bond acceptors (Lipinski definition) is 3. The van der Waals surface area contributed by atoms with Crippen molar-refractivity contribution in [3.05, 3.63) is 84.2 Å². The van der Waals surface area contributed by atoms with Crippen molar-refractivity contribution in [1.29, 1.82) is 0 Å². The standard InChI is InChI=1S/C22H18F2N2O2/c23-17-5-10-21(20(24)12-17)28-19-8-6-18(7-9-19)26(22(27)16-3-4-16)14-15-2-1-11-25-13-15/h1-2,5-13,16H,3-4,14H2. The van der Waals surface area contributed by atoms with E-state index in [0.29, 0.717) is 12.3 Å². The summed E-state index contributed by atoms with van der Waals surface area (Å²) in [5, 5.41) is 0. The zero-order chi connectivity index (χ0) is 19.5. The van der Waals surface area contributed by atoms with E-state index in [0.717, 1.165) is 36.2 Å². The summed E-state index contributed by atoms with van der Waals surface area (Å²) in [5.41, 5.74) is 1.66. The molecular formula is C22H18F2N2O2. The van der Waals surface area contributed by atoms with Crippen LogP contribution in [0.4, 0.5) is 14.5 Å². The third-order valence-corrected chi connectivity index (χ3v) is 4.53. The van der Waals surface area contributed by atoms with Crippen LogP contribution in [0, 0.1) is 17.6 Å². The fourth-order valence-corrected chi connectivity index (χ4v) is 2.90. The normalized spacial score (nSPS) is 13.2. The van der Waals surface area contributed by atoms with Crippen molar-refractivity contribution in [2.24, 2.45) is 5.92 Å². The second-order valence-corrected chi connectivity index (χ2v) is 6.73. The van der Waals surface area contributed by atoms with Gasteiger partial charge in [-0.1, -0.05) is 6.07 Å². The van der Waals surface area contributed by atoms with Crippen molar-refractivity contribution in [2.75, 3.05) is 4.90 Å². The molecule has 1 amide bonds. The second-order valence-electron chi connectivity index (χ2n) is 6.73. The molecule has 0 aliphatic heterocycles. The van der Waals surface area contributed by atoms with Gasteiger partial charge in [0.1, 0.15) is 11.6 Å². The van der Waals surface area contributed by atoms with Crippen LogP contribution in [0.25, 0.3) is 0 Å². The van der Waals surface area contributed by atoms with E-state index in [9.17, 15) is 13.6 Å². The Hall–Kier alpha value is -3.28. The molecule has 2 aromatic carbocycles. The van der Waals surface area contributed by atoms with E-state index in [4.69, 9.17) is 4.74 Å². The topological polar surface area (TPSA) is 42.4 Å². The predicted octanol–water partition coefficient (Wildman–Crippen LogP) is 5.10. The van der Waals surface area contributed by atoms with Gasteiger partial charge in [0, 0.05) is 30.1 Å². The Morgan fingerprint density at radius 3 is 2.54 bits per heavy atom. The Labute approximate surface area is 161 Å². The van der Waals surface area contributed by atoms with Crippen molar-refractivity contribution in [3.8, 4) is 11.5 Å². The van der Waals surface area contributed by atoms with Gasteiger partial charge in [-0.25, -0.2) is 8.78 Å². The molecule has 1 heterocycles. The van der Waals surface area contributed by atoms with E-state index in [1.165, 1.54) is 6.07 Å². The van der Waals surface area contributed by atoms with Crippen LogP contribution in [0.15, 0.2) is 67.0 Å². The monoisotopic (exact) mass is 380 g/mol. The molecule has 1 saturated carbocycles. The first-order valence-electron chi connectivity index (χ1n) is 9.03. The van der Waals surface area contributed by atoms with Gasteiger partial charge in [-0.3, -0.25) is 9.78 Å². The lowest BCUT2D eigenvalue weighted by Gasteiger charge is -2.23. The fraction of sp³-hybridized carbons (Fsp3) is 0.182. The number of halogens is 2. The molecular weight excluding hydrogens is 362 g/mol. The molecule has 1 aromatic heterocycles. The molecule has 0 unspecified atom stereocenters. The molecule has 1 aliphatic rings. The number of rotatable bonds is 6. The molecule has 0 spiro atoms. The highest BCUT2D eigenvalue weighted by Crippen LogP contribution is 2.34. The molecule has 4 nitrogen and oxygen atoms in total. The third-order valence-electron chi connectivity index (χ3n) is 4.53. The van der Waals surface area contributed by atoms with Crippen molar-refractivity contribution in [2.45, 2.75) is 19.4 Å². The van der Waals surface area contributed by atoms with E-state index >= 15 is 0 Å². The Kier molecular flexibility index (Phi) is 5.02. The molecule has 28 heavy (non-hydrogen) atoms. The van der Waals surface area contributed by atoms with Crippen LogP contribution in [0.2, 0.25) is 0 Å². The fourth-order valence-electron chi connectivity index (χ4n) is 2.90. The first-order valence-corrected chi connectivity index (χ1v) is 9.03. The molecule has 1 fully saturated rings. The van der Waals surface area contributed by atoms with Gasteiger partial charge < -0.3 is 9.64 Å². The van der Waals surface area contributed by atoms with Gasteiger partial charge >= 0.3 is 0 Å². The lowest BCUT2D eigenvalue weighted by Crippen LogP contribution is -2.31. The summed E-state index contributed by atoms with van der Waals surface area (Å²) in [6.07, 6.45) is 5.25. The van der Waals surface area contributed by atoms with Crippen LogP contribution in [0.1, 0.15) is 18.4 Å². The van der Waals surface area contributed by atoms with Crippen LogP contribution in [0.3, 0.4) is 0 Å². The number of aromatic nitrogens is 1. The Bertz CT molecular complexity index is 974. The average molecular weight is 380 g/mol. The Morgan fingerprint density at radius 2 is 1.89 bits per heavy atom. The number of pyridine rings is 1. The highest BCUT2D eigenvalue weighted by atomic mass is 19.1. The lowest BCUT2D eigenvalue weighted by molar-refractivity contribution is -0.119. The summed E-state index contributed by atoms with van der Waals surface area (Å²) in [4.78, 5) is 18.6. The molecule has 0 atom stereocenters. The zero-order valence-corrected chi connectivity index (χ0v) is 15.0. The van der Waals surface area contributed by atoms with Gasteiger partial charge in [-0.2, -0.15) is 0 Å². The first-order chi connectivity index (χ1) is 13.6. The van der Waals surface area contributed by atoms with Gasteiger partial charge in [0.2, 0.25) is 5.91 Å². The summed E-state index contributed by atoms with van der Waals surface area (Å²) in [7, 11) is 0. The maximum Gasteiger partial charge on any atom is 0.230 e. The highest BCUT2D eigenvalue weighted by molar-refractivity contribution is 5.96. The van der Waals surface area contributed by atoms with Gasteiger partial charge in [-0.05, 0) is 60.9 Å². The summed E-state index contributed by atoms with van der Waals surface area (Å²) in [6, 6.07) is 13.7. The van der Waals surface area contributed by atoms with Crippen LogP contribution in [-0.4, -0.2) is 10.9 Å².